The Morgan fingerprint density at radius 2 is 2.12 bits per heavy atom. The maximum atomic E-state index is 11.5. The van der Waals surface area contributed by atoms with Gasteiger partial charge in [0.05, 0.1) is 18.2 Å². The minimum atomic E-state index is -0.229. The molecule has 0 aromatic heterocycles. The molecule has 0 saturated carbocycles. The van der Waals surface area contributed by atoms with Crippen molar-refractivity contribution in [2.24, 2.45) is 0 Å². The van der Waals surface area contributed by atoms with Crippen LogP contribution in [0.5, 0.6) is 0 Å². The summed E-state index contributed by atoms with van der Waals surface area (Å²) >= 11 is 0. The van der Waals surface area contributed by atoms with Crippen molar-refractivity contribution in [3.8, 4) is 6.07 Å². The van der Waals surface area contributed by atoms with E-state index in [1.54, 1.807) is 18.2 Å². The highest BCUT2D eigenvalue weighted by Crippen LogP contribution is 2.09. The number of nitriles is 1. The number of hydrogen-bond donors (Lipinski definition) is 2. The topological polar surface area (TPSA) is 64.9 Å². The van der Waals surface area contributed by atoms with Crippen LogP contribution in [0.1, 0.15) is 26.3 Å². The van der Waals surface area contributed by atoms with Gasteiger partial charge in [-0.1, -0.05) is 6.07 Å². The van der Waals surface area contributed by atoms with Crippen LogP contribution in [-0.2, 0) is 4.79 Å². The lowest BCUT2D eigenvalue weighted by Gasteiger charge is -2.20. The fourth-order valence-corrected chi connectivity index (χ4v) is 1.34. The van der Waals surface area contributed by atoms with Crippen LogP contribution >= 0.6 is 0 Å². The highest BCUT2D eigenvalue weighted by Gasteiger charge is 2.12. The first-order valence-corrected chi connectivity index (χ1v) is 5.46. The number of benzene rings is 1. The van der Waals surface area contributed by atoms with Crippen LogP contribution < -0.4 is 10.6 Å². The second-order valence-corrected chi connectivity index (χ2v) is 4.84. The molecule has 2 N–H and O–H groups in total. The first kappa shape index (κ1) is 13.0. The summed E-state index contributed by atoms with van der Waals surface area (Å²) < 4.78 is 0. The van der Waals surface area contributed by atoms with Gasteiger partial charge in [0.1, 0.15) is 0 Å². The third-order valence-electron chi connectivity index (χ3n) is 1.96. The van der Waals surface area contributed by atoms with Gasteiger partial charge in [0.2, 0.25) is 5.91 Å². The standard InChI is InChI=1S/C13H17N3O/c1-13(2,3)16-12(17)9-15-11-6-4-5-10(7-11)8-14/h4-7,15H,9H2,1-3H3,(H,16,17). The number of hydrogen-bond acceptors (Lipinski definition) is 3. The Bertz CT molecular complexity index is 441. The van der Waals surface area contributed by atoms with Gasteiger partial charge < -0.3 is 10.6 Å². The summed E-state index contributed by atoms with van der Waals surface area (Å²) in [6.45, 7) is 6.00. The Balaban J connectivity index is 2.51. The number of carbonyl (C=O) groups is 1. The van der Waals surface area contributed by atoms with Crippen LogP contribution in [0.2, 0.25) is 0 Å². The van der Waals surface area contributed by atoms with E-state index < -0.39 is 0 Å². The highest BCUT2D eigenvalue weighted by molar-refractivity contribution is 5.81. The predicted molar refractivity (Wildman–Crippen MR) is 67.5 cm³/mol. The molecule has 1 amide bonds. The van der Waals surface area contributed by atoms with E-state index in [9.17, 15) is 4.79 Å². The lowest BCUT2D eigenvalue weighted by atomic mass is 10.1. The largest absolute Gasteiger partial charge is 0.376 e. The molecule has 0 unspecified atom stereocenters. The normalized spacial score (nSPS) is 10.5. The number of nitrogens with one attached hydrogen (secondary N) is 2. The molecule has 4 heteroatoms. The third kappa shape index (κ3) is 5.03. The zero-order chi connectivity index (χ0) is 12.9. The number of anilines is 1. The summed E-state index contributed by atoms with van der Waals surface area (Å²) in [5, 5.41) is 14.6. The van der Waals surface area contributed by atoms with Crippen molar-refractivity contribution in [2.45, 2.75) is 26.3 Å². The second-order valence-electron chi connectivity index (χ2n) is 4.84. The molecule has 0 fully saturated rings. The quantitative estimate of drug-likeness (QED) is 0.834. The third-order valence-corrected chi connectivity index (χ3v) is 1.96. The monoisotopic (exact) mass is 231 g/mol. The molecule has 1 aromatic rings. The van der Waals surface area contributed by atoms with Crippen molar-refractivity contribution >= 4 is 11.6 Å². The number of rotatable bonds is 3. The summed E-state index contributed by atoms with van der Waals surface area (Å²) in [6.07, 6.45) is 0. The molecule has 0 heterocycles. The molecule has 0 spiro atoms. The molecular formula is C13H17N3O. The van der Waals surface area contributed by atoms with Gasteiger partial charge >= 0.3 is 0 Å². The maximum absolute atomic E-state index is 11.5. The maximum Gasteiger partial charge on any atom is 0.239 e. The van der Waals surface area contributed by atoms with Gasteiger partial charge in [-0.25, -0.2) is 0 Å². The Kier molecular flexibility index (Phi) is 4.11. The average molecular weight is 231 g/mol. The molecule has 4 nitrogen and oxygen atoms in total. The van der Waals surface area contributed by atoms with E-state index in [2.05, 4.69) is 16.7 Å². The van der Waals surface area contributed by atoms with E-state index in [1.165, 1.54) is 0 Å². The minimum Gasteiger partial charge on any atom is -0.376 e. The molecule has 0 aliphatic rings. The Labute approximate surface area is 102 Å². The fourth-order valence-electron chi connectivity index (χ4n) is 1.34. The zero-order valence-corrected chi connectivity index (χ0v) is 10.4. The summed E-state index contributed by atoms with van der Waals surface area (Å²) in [6, 6.07) is 9.09. The van der Waals surface area contributed by atoms with E-state index in [1.807, 2.05) is 26.8 Å². The molecule has 17 heavy (non-hydrogen) atoms. The SMILES string of the molecule is CC(C)(C)NC(=O)CNc1cccc(C#N)c1. The van der Waals surface area contributed by atoms with E-state index in [-0.39, 0.29) is 18.0 Å². The van der Waals surface area contributed by atoms with Gasteiger partial charge in [-0.2, -0.15) is 5.26 Å². The molecular weight excluding hydrogens is 214 g/mol. The molecule has 0 bridgehead atoms. The summed E-state index contributed by atoms with van der Waals surface area (Å²) in [5.74, 6) is -0.0696. The highest BCUT2D eigenvalue weighted by atomic mass is 16.2. The second kappa shape index (κ2) is 5.35. The molecule has 90 valence electrons. The van der Waals surface area contributed by atoms with Gasteiger partial charge in [-0.3, -0.25) is 4.79 Å². The van der Waals surface area contributed by atoms with Crippen LogP contribution in [0.15, 0.2) is 24.3 Å². The van der Waals surface area contributed by atoms with E-state index in [0.29, 0.717) is 5.56 Å². The Morgan fingerprint density at radius 1 is 1.41 bits per heavy atom. The van der Waals surface area contributed by atoms with Crippen molar-refractivity contribution in [3.63, 3.8) is 0 Å². The van der Waals surface area contributed by atoms with Crippen LogP contribution in [0.4, 0.5) is 5.69 Å². The molecule has 1 rings (SSSR count). The van der Waals surface area contributed by atoms with Crippen molar-refractivity contribution in [1.82, 2.24) is 5.32 Å². The Hall–Kier alpha value is -2.02. The van der Waals surface area contributed by atoms with Crippen LogP contribution in [0.3, 0.4) is 0 Å². The van der Waals surface area contributed by atoms with Gasteiger partial charge in [0.15, 0.2) is 0 Å². The van der Waals surface area contributed by atoms with Gasteiger partial charge in [-0.15, -0.1) is 0 Å². The van der Waals surface area contributed by atoms with Crippen LogP contribution in [0, 0.1) is 11.3 Å². The Morgan fingerprint density at radius 3 is 2.71 bits per heavy atom. The van der Waals surface area contributed by atoms with Crippen molar-refractivity contribution in [2.75, 3.05) is 11.9 Å². The molecule has 0 atom stereocenters. The molecule has 0 radical (unpaired) electrons. The summed E-state index contributed by atoms with van der Waals surface area (Å²) in [5.41, 5.74) is 1.12. The van der Waals surface area contributed by atoms with Crippen molar-refractivity contribution < 1.29 is 4.79 Å². The number of nitrogens with zero attached hydrogens (tertiary/aromatic N) is 1. The van der Waals surface area contributed by atoms with Crippen molar-refractivity contribution in [1.29, 1.82) is 5.26 Å². The van der Waals surface area contributed by atoms with Crippen molar-refractivity contribution in [3.05, 3.63) is 29.8 Å². The summed E-state index contributed by atoms with van der Waals surface area (Å²) in [4.78, 5) is 11.5. The van der Waals surface area contributed by atoms with Crippen LogP contribution in [-0.4, -0.2) is 18.0 Å². The predicted octanol–water partition coefficient (Wildman–Crippen LogP) is 1.88. The van der Waals surface area contributed by atoms with Crippen LogP contribution in [0.25, 0.3) is 0 Å². The molecule has 0 aliphatic heterocycles. The number of amides is 1. The van der Waals surface area contributed by atoms with Gasteiger partial charge in [0.25, 0.3) is 0 Å². The lowest BCUT2D eigenvalue weighted by molar-refractivity contribution is -0.120. The minimum absolute atomic E-state index is 0.0696. The van der Waals surface area contributed by atoms with Gasteiger partial charge in [-0.05, 0) is 39.0 Å². The van der Waals surface area contributed by atoms with E-state index >= 15 is 0 Å². The van der Waals surface area contributed by atoms with Gasteiger partial charge in [0, 0.05) is 11.2 Å². The van der Waals surface area contributed by atoms with E-state index in [0.717, 1.165) is 5.69 Å². The first-order valence-electron chi connectivity index (χ1n) is 5.46. The molecule has 1 aromatic carbocycles. The molecule has 0 aliphatic carbocycles. The lowest BCUT2D eigenvalue weighted by Crippen LogP contribution is -2.43. The van der Waals surface area contributed by atoms with E-state index in [4.69, 9.17) is 5.26 Å². The summed E-state index contributed by atoms with van der Waals surface area (Å²) in [7, 11) is 0. The number of carbonyl (C=O) groups excluding carboxylic acids is 1. The average Bonchev–Trinajstić information content (AvgIpc) is 2.24. The zero-order valence-electron chi connectivity index (χ0n) is 10.4. The molecule has 0 saturated heterocycles. The fraction of sp³-hybridized carbons (Fsp3) is 0.385. The smallest absolute Gasteiger partial charge is 0.239 e. The first-order chi connectivity index (χ1) is 7.90.